The summed E-state index contributed by atoms with van der Waals surface area (Å²) in [6.45, 7) is -0.532. The van der Waals surface area contributed by atoms with E-state index in [0.29, 0.717) is 16.7 Å². The number of benzene rings is 2. The van der Waals surface area contributed by atoms with Crippen molar-refractivity contribution in [2.45, 2.75) is 36.1 Å². The fourth-order valence-corrected chi connectivity index (χ4v) is 3.83. The van der Waals surface area contributed by atoms with Gasteiger partial charge in [-0.3, -0.25) is 9.36 Å². The predicted octanol–water partition coefficient (Wildman–Crippen LogP) is -0.352. The van der Waals surface area contributed by atoms with Gasteiger partial charge in [-0.25, -0.2) is 9.82 Å². The number of thioether (sulfide) groups is 1. The molecule has 0 aliphatic rings. The number of carbonyl (C=O) groups is 1. The Morgan fingerprint density at radius 3 is 2.43 bits per heavy atom. The van der Waals surface area contributed by atoms with E-state index in [1.807, 2.05) is 30.3 Å². The molecule has 198 valence electrons. The van der Waals surface area contributed by atoms with Crippen LogP contribution in [0.1, 0.15) is 5.82 Å². The van der Waals surface area contributed by atoms with Crippen LogP contribution in [0.5, 0.6) is 0 Å². The van der Waals surface area contributed by atoms with Crippen molar-refractivity contribution in [3.8, 4) is 5.69 Å². The first kappa shape index (κ1) is 28.2. The molecule has 12 nitrogen and oxygen atoms in total. The summed E-state index contributed by atoms with van der Waals surface area (Å²) in [4.78, 5) is 12.2. The van der Waals surface area contributed by atoms with Crippen molar-refractivity contribution in [2.75, 3.05) is 17.7 Å². The number of rotatable bonds is 13. The van der Waals surface area contributed by atoms with Crippen molar-refractivity contribution >= 4 is 29.6 Å². The van der Waals surface area contributed by atoms with E-state index >= 15 is 0 Å². The van der Waals surface area contributed by atoms with E-state index in [0.717, 1.165) is 23.7 Å². The van der Waals surface area contributed by atoms with Gasteiger partial charge >= 0.3 is 0 Å². The predicted molar refractivity (Wildman–Crippen MR) is 134 cm³/mol. The van der Waals surface area contributed by atoms with Gasteiger partial charge in [-0.05, 0) is 36.4 Å². The SMILES string of the molecule is O=C(CSc1nnc(CNc2ccc(F)cc2)n1-c1ccccc1)N/N=C/[C@@H](O)[C@@H](O)[C@H](O)[C@H](O)CO. The van der Waals surface area contributed by atoms with Crippen molar-refractivity contribution in [1.29, 1.82) is 0 Å². The van der Waals surface area contributed by atoms with E-state index in [9.17, 15) is 29.6 Å². The number of aromatic nitrogens is 3. The highest BCUT2D eigenvalue weighted by Crippen LogP contribution is 2.22. The fourth-order valence-electron chi connectivity index (χ4n) is 3.07. The molecule has 14 heteroatoms. The Morgan fingerprint density at radius 1 is 1.05 bits per heavy atom. The van der Waals surface area contributed by atoms with Crippen molar-refractivity contribution in [3.05, 3.63) is 66.2 Å². The van der Waals surface area contributed by atoms with E-state index in [1.54, 1.807) is 16.7 Å². The maximum atomic E-state index is 13.2. The molecular formula is C23H27FN6O6S. The number of hydrazone groups is 1. The molecule has 0 saturated carbocycles. The average molecular weight is 535 g/mol. The van der Waals surface area contributed by atoms with Crippen LogP contribution in [0.15, 0.2) is 64.9 Å². The summed E-state index contributed by atoms with van der Waals surface area (Å²) >= 11 is 1.08. The molecule has 7 N–H and O–H groups in total. The van der Waals surface area contributed by atoms with E-state index in [-0.39, 0.29) is 18.1 Å². The molecule has 2 aromatic carbocycles. The van der Waals surface area contributed by atoms with Crippen LogP contribution >= 0.6 is 11.8 Å². The van der Waals surface area contributed by atoms with Gasteiger partial charge in [-0.2, -0.15) is 5.10 Å². The number of nitrogens with one attached hydrogen (secondary N) is 2. The van der Waals surface area contributed by atoms with Crippen LogP contribution in [0, 0.1) is 5.82 Å². The molecule has 3 aromatic rings. The number of amides is 1. The second-order valence-electron chi connectivity index (χ2n) is 7.75. The van der Waals surface area contributed by atoms with Gasteiger partial charge in [-0.15, -0.1) is 10.2 Å². The first-order chi connectivity index (χ1) is 17.8. The molecule has 0 aliphatic heterocycles. The number of aliphatic hydroxyl groups excluding tert-OH is 5. The Labute approximate surface area is 215 Å². The summed E-state index contributed by atoms with van der Waals surface area (Å²) in [6.07, 6.45) is -6.22. The smallest absolute Gasteiger partial charge is 0.250 e. The molecule has 1 heterocycles. The van der Waals surface area contributed by atoms with E-state index in [2.05, 4.69) is 26.0 Å². The average Bonchev–Trinajstić information content (AvgIpc) is 3.33. The van der Waals surface area contributed by atoms with Crippen molar-refractivity contribution in [3.63, 3.8) is 0 Å². The third-order valence-corrected chi connectivity index (χ3v) is 5.97. The zero-order valence-electron chi connectivity index (χ0n) is 19.4. The normalized spacial score (nSPS) is 14.8. The molecule has 37 heavy (non-hydrogen) atoms. The molecule has 0 unspecified atom stereocenters. The minimum atomic E-state index is -1.83. The van der Waals surface area contributed by atoms with Gasteiger partial charge in [-0.1, -0.05) is 30.0 Å². The molecule has 3 rings (SSSR count). The lowest BCUT2D eigenvalue weighted by atomic mass is 10.0. The molecular weight excluding hydrogens is 507 g/mol. The minimum Gasteiger partial charge on any atom is -0.394 e. The van der Waals surface area contributed by atoms with Crippen LogP contribution < -0.4 is 10.7 Å². The third kappa shape index (κ3) is 8.04. The molecule has 0 fully saturated rings. The van der Waals surface area contributed by atoms with Crippen LogP contribution in [0.2, 0.25) is 0 Å². The number of para-hydroxylation sites is 1. The van der Waals surface area contributed by atoms with E-state index < -0.39 is 36.9 Å². The van der Waals surface area contributed by atoms with Crippen LogP contribution in [-0.2, 0) is 11.3 Å². The largest absolute Gasteiger partial charge is 0.394 e. The van der Waals surface area contributed by atoms with Gasteiger partial charge in [0.2, 0.25) is 0 Å². The van der Waals surface area contributed by atoms with Gasteiger partial charge in [0.15, 0.2) is 11.0 Å². The number of nitrogens with zero attached hydrogens (tertiary/aromatic N) is 4. The standard InChI is InChI=1S/C23H27FN6O6S/c24-14-6-8-15(9-7-14)25-11-19-27-29-23(30(19)16-4-2-1-3-5-16)37-13-20(34)28-26-10-17(32)21(35)22(36)18(33)12-31/h1-10,17-18,21-22,25,31-33,35-36H,11-13H2,(H,28,34)/b26-10+/t17-,18-,21-,22-/m1/s1. The van der Waals surface area contributed by atoms with Gasteiger partial charge in [0.1, 0.15) is 30.2 Å². The second-order valence-corrected chi connectivity index (χ2v) is 8.70. The first-order valence-corrected chi connectivity index (χ1v) is 12.1. The lowest BCUT2D eigenvalue weighted by Crippen LogP contribution is -2.46. The molecule has 1 amide bonds. The number of carbonyl (C=O) groups excluding carboxylic acids is 1. The third-order valence-electron chi connectivity index (χ3n) is 5.04. The Balaban J connectivity index is 1.61. The maximum absolute atomic E-state index is 13.2. The number of anilines is 1. The molecule has 0 radical (unpaired) electrons. The Bertz CT molecular complexity index is 1170. The number of hydrogen-bond donors (Lipinski definition) is 7. The summed E-state index contributed by atoms with van der Waals surface area (Å²) < 4.78 is 14.9. The highest BCUT2D eigenvalue weighted by molar-refractivity contribution is 7.99. The summed E-state index contributed by atoms with van der Waals surface area (Å²) in [5, 5.41) is 62.8. The van der Waals surface area contributed by atoms with Crippen molar-refractivity contribution in [2.24, 2.45) is 5.10 Å². The van der Waals surface area contributed by atoms with Crippen LogP contribution in [0.4, 0.5) is 10.1 Å². The van der Waals surface area contributed by atoms with E-state index in [1.165, 1.54) is 12.1 Å². The second kappa shape index (κ2) is 13.8. The van der Waals surface area contributed by atoms with Gasteiger partial charge in [0.05, 0.1) is 25.1 Å². The lowest BCUT2D eigenvalue weighted by Gasteiger charge is -2.23. The highest BCUT2D eigenvalue weighted by atomic mass is 32.2. The zero-order chi connectivity index (χ0) is 26.8. The van der Waals surface area contributed by atoms with Crippen LogP contribution in [-0.4, -0.2) is 89.2 Å². The molecule has 0 aliphatic carbocycles. The maximum Gasteiger partial charge on any atom is 0.250 e. The molecule has 1 aromatic heterocycles. The Kier molecular flexibility index (Phi) is 10.5. The van der Waals surface area contributed by atoms with E-state index in [4.69, 9.17) is 5.11 Å². The van der Waals surface area contributed by atoms with Crippen molar-refractivity contribution < 1.29 is 34.7 Å². The first-order valence-electron chi connectivity index (χ1n) is 11.1. The number of halogens is 1. The van der Waals surface area contributed by atoms with Gasteiger partial charge in [0, 0.05) is 11.4 Å². The van der Waals surface area contributed by atoms with Gasteiger partial charge < -0.3 is 30.8 Å². The topological polar surface area (TPSA) is 185 Å². The zero-order valence-corrected chi connectivity index (χ0v) is 20.2. The Morgan fingerprint density at radius 2 is 1.76 bits per heavy atom. The molecule has 0 spiro atoms. The molecule has 0 saturated heterocycles. The van der Waals surface area contributed by atoms with Crippen LogP contribution in [0.25, 0.3) is 5.69 Å². The minimum absolute atomic E-state index is 0.113. The monoisotopic (exact) mass is 534 g/mol. The molecule has 4 atom stereocenters. The summed E-state index contributed by atoms with van der Waals surface area (Å²) in [7, 11) is 0. The van der Waals surface area contributed by atoms with Crippen LogP contribution in [0.3, 0.4) is 0 Å². The summed E-state index contributed by atoms with van der Waals surface area (Å²) in [5.41, 5.74) is 3.65. The molecule has 0 bridgehead atoms. The summed E-state index contributed by atoms with van der Waals surface area (Å²) in [6, 6.07) is 15.1. The number of aliphatic hydroxyl groups is 5. The Hall–Kier alpha value is -3.40. The van der Waals surface area contributed by atoms with Crippen molar-refractivity contribution in [1.82, 2.24) is 20.2 Å². The fraction of sp³-hybridized carbons (Fsp3) is 0.304. The lowest BCUT2D eigenvalue weighted by molar-refractivity contribution is -0.118. The highest BCUT2D eigenvalue weighted by Gasteiger charge is 2.29. The summed E-state index contributed by atoms with van der Waals surface area (Å²) in [5.74, 6) is -0.453. The van der Waals surface area contributed by atoms with Gasteiger partial charge in [0.25, 0.3) is 5.91 Å². The quantitative estimate of drug-likeness (QED) is 0.0868. The number of hydrogen-bond acceptors (Lipinski definition) is 11.